The summed E-state index contributed by atoms with van der Waals surface area (Å²) in [5.74, 6) is 0.530. The molecule has 0 saturated carbocycles. The van der Waals surface area contributed by atoms with E-state index in [1.807, 2.05) is 18.2 Å². The number of hydrogen-bond acceptors (Lipinski definition) is 5. The zero-order valence-electron chi connectivity index (χ0n) is 16.3. The van der Waals surface area contributed by atoms with Gasteiger partial charge in [0.25, 0.3) is 0 Å². The summed E-state index contributed by atoms with van der Waals surface area (Å²) in [5.41, 5.74) is 0.0748. The average molecular weight is 377 g/mol. The van der Waals surface area contributed by atoms with Gasteiger partial charge in [0.2, 0.25) is 0 Å². The fourth-order valence-electron chi connectivity index (χ4n) is 4.24. The number of benzene rings is 1. The van der Waals surface area contributed by atoms with Crippen LogP contribution in [0.5, 0.6) is 11.5 Å². The van der Waals surface area contributed by atoms with Gasteiger partial charge in [0.05, 0.1) is 14.2 Å². The molecule has 2 saturated heterocycles. The van der Waals surface area contributed by atoms with Crippen molar-refractivity contribution in [3.63, 3.8) is 0 Å². The lowest BCUT2D eigenvalue weighted by Crippen LogP contribution is -2.44. The van der Waals surface area contributed by atoms with Crippen LogP contribution in [0.4, 0.5) is 4.79 Å². The maximum atomic E-state index is 12.3. The summed E-state index contributed by atoms with van der Waals surface area (Å²) in [6.45, 7) is 2.37. The Bertz CT molecular complexity index is 738. The lowest BCUT2D eigenvalue weighted by molar-refractivity contribution is -0.148. The van der Waals surface area contributed by atoms with Crippen molar-refractivity contribution < 1.29 is 24.2 Å². The average Bonchev–Trinajstić information content (AvgIpc) is 3.16. The SMILES string of the molecule is COc1ccc(CN2CC3CN(C(=O)N(C)C)CC3(C(=O)O)C2)c(OC)c1. The molecule has 2 heterocycles. The molecule has 0 radical (unpaired) electrons. The van der Waals surface area contributed by atoms with E-state index in [1.54, 1.807) is 33.2 Å². The Labute approximate surface area is 159 Å². The summed E-state index contributed by atoms with van der Waals surface area (Å²) in [6, 6.07) is 5.52. The first kappa shape index (κ1) is 19.3. The molecule has 148 valence electrons. The molecule has 0 bridgehead atoms. The number of ether oxygens (including phenoxy) is 2. The van der Waals surface area contributed by atoms with Gasteiger partial charge in [-0.3, -0.25) is 9.69 Å². The van der Waals surface area contributed by atoms with Gasteiger partial charge < -0.3 is 24.4 Å². The summed E-state index contributed by atoms with van der Waals surface area (Å²) in [4.78, 5) is 29.7. The summed E-state index contributed by atoms with van der Waals surface area (Å²) in [5, 5.41) is 9.95. The van der Waals surface area contributed by atoms with Crippen molar-refractivity contribution in [3.05, 3.63) is 23.8 Å². The van der Waals surface area contributed by atoms with Gasteiger partial charge in [-0.05, 0) is 6.07 Å². The molecule has 0 aliphatic carbocycles. The van der Waals surface area contributed by atoms with Crippen LogP contribution in [0, 0.1) is 11.3 Å². The number of carbonyl (C=O) groups is 2. The van der Waals surface area contributed by atoms with Crippen molar-refractivity contribution in [2.75, 3.05) is 54.5 Å². The first-order chi connectivity index (χ1) is 12.8. The van der Waals surface area contributed by atoms with Crippen LogP contribution in [-0.4, -0.2) is 86.3 Å². The number of carbonyl (C=O) groups excluding carboxylic acids is 1. The van der Waals surface area contributed by atoms with Crippen molar-refractivity contribution in [1.29, 1.82) is 0 Å². The molecule has 2 unspecified atom stereocenters. The van der Waals surface area contributed by atoms with Crippen molar-refractivity contribution in [2.24, 2.45) is 11.3 Å². The number of hydrogen-bond donors (Lipinski definition) is 1. The second-order valence-electron chi connectivity index (χ2n) is 7.56. The van der Waals surface area contributed by atoms with E-state index in [0.29, 0.717) is 31.9 Å². The minimum absolute atomic E-state index is 0.0804. The number of nitrogens with zero attached hydrogens (tertiary/aromatic N) is 3. The monoisotopic (exact) mass is 377 g/mol. The zero-order chi connectivity index (χ0) is 19.8. The quantitative estimate of drug-likeness (QED) is 0.830. The van der Waals surface area contributed by atoms with Gasteiger partial charge in [-0.2, -0.15) is 0 Å². The first-order valence-electron chi connectivity index (χ1n) is 8.93. The van der Waals surface area contributed by atoms with Crippen LogP contribution < -0.4 is 9.47 Å². The molecule has 1 N–H and O–H groups in total. The molecule has 2 amide bonds. The normalized spacial score (nSPS) is 24.6. The summed E-state index contributed by atoms with van der Waals surface area (Å²) in [7, 11) is 6.59. The van der Waals surface area contributed by atoms with Gasteiger partial charge in [0.15, 0.2) is 0 Å². The van der Waals surface area contributed by atoms with Crippen LogP contribution in [0.3, 0.4) is 0 Å². The molecule has 1 aromatic carbocycles. The van der Waals surface area contributed by atoms with E-state index in [1.165, 1.54) is 4.90 Å². The molecule has 2 aliphatic rings. The lowest BCUT2D eigenvalue weighted by Gasteiger charge is -2.27. The van der Waals surface area contributed by atoms with Gasteiger partial charge >= 0.3 is 12.0 Å². The van der Waals surface area contributed by atoms with Crippen molar-refractivity contribution in [2.45, 2.75) is 6.54 Å². The summed E-state index contributed by atoms with van der Waals surface area (Å²) in [6.07, 6.45) is 0. The van der Waals surface area contributed by atoms with E-state index in [9.17, 15) is 14.7 Å². The third kappa shape index (κ3) is 3.41. The topological polar surface area (TPSA) is 82.6 Å². The molecule has 0 spiro atoms. The summed E-state index contributed by atoms with van der Waals surface area (Å²) >= 11 is 0. The predicted molar refractivity (Wildman–Crippen MR) is 99.0 cm³/mol. The van der Waals surface area contributed by atoms with Crippen molar-refractivity contribution in [3.8, 4) is 11.5 Å². The van der Waals surface area contributed by atoms with Crippen LogP contribution in [0.2, 0.25) is 0 Å². The number of urea groups is 1. The number of aliphatic carboxylic acids is 1. The number of methoxy groups -OCH3 is 2. The molecule has 3 rings (SSSR count). The Balaban J connectivity index is 1.76. The van der Waals surface area contributed by atoms with Crippen LogP contribution in [-0.2, 0) is 11.3 Å². The Morgan fingerprint density at radius 3 is 2.52 bits per heavy atom. The highest BCUT2D eigenvalue weighted by Crippen LogP contribution is 2.44. The molecule has 0 aromatic heterocycles. The highest BCUT2D eigenvalue weighted by atomic mass is 16.5. The fourth-order valence-corrected chi connectivity index (χ4v) is 4.24. The van der Waals surface area contributed by atoms with E-state index in [4.69, 9.17) is 9.47 Å². The molecule has 1 aromatic rings. The van der Waals surface area contributed by atoms with Crippen LogP contribution in [0.1, 0.15) is 5.56 Å². The Hall–Kier alpha value is -2.48. The molecule has 2 aliphatic heterocycles. The highest BCUT2D eigenvalue weighted by Gasteiger charge is 2.58. The molecule has 8 nitrogen and oxygen atoms in total. The standard InChI is InChI=1S/C19H27N3O5/c1-20(2)18(25)22-10-14-9-21(11-19(14,12-22)17(23)24)8-13-5-6-15(26-3)7-16(13)27-4/h5-7,14H,8-12H2,1-4H3,(H,23,24). The molecular weight excluding hydrogens is 350 g/mol. The first-order valence-corrected chi connectivity index (χ1v) is 8.93. The van der Waals surface area contributed by atoms with E-state index < -0.39 is 11.4 Å². The number of carboxylic acids is 1. The number of amides is 2. The van der Waals surface area contributed by atoms with Crippen molar-refractivity contribution >= 4 is 12.0 Å². The number of fused-ring (bicyclic) bond motifs is 1. The van der Waals surface area contributed by atoms with Crippen molar-refractivity contribution in [1.82, 2.24) is 14.7 Å². The van der Waals surface area contributed by atoms with E-state index in [2.05, 4.69) is 4.90 Å². The molecule has 2 atom stereocenters. The number of likely N-dealkylation sites (tertiary alicyclic amines) is 2. The largest absolute Gasteiger partial charge is 0.497 e. The number of carboxylic acid groups (broad SMARTS) is 1. The van der Waals surface area contributed by atoms with Gasteiger partial charge in [-0.15, -0.1) is 0 Å². The lowest BCUT2D eigenvalue weighted by atomic mass is 9.81. The molecule has 27 heavy (non-hydrogen) atoms. The van der Waals surface area contributed by atoms with Crippen LogP contribution >= 0.6 is 0 Å². The minimum atomic E-state index is -0.911. The Morgan fingerprint density at radius 1 is 1.22 bits per heavy atom. The van der Waals surface area contributed by atoms with Gasteiger partial charge in [-0.1, -0.05) is 6.07 Å². The Kier molecular flexibility index (Phi) is 5.19. The smallest absolute Gasteiger partial charge is 0.319 e. The van der Waals surface area contributed by atoms with Crippen LogP contribution in [0.25, 0.3) is 0 Å². The Morgan fingerprint density at radius 2 is 1.96 bits per heavy atom. The third-order valence-corrected chi connectivity index (χ3v) is 5.65. The zero-order valence-corrected chi connectivity index (χ0v) is 16.3. The number of rotatable bonds is 5. The third-order valence-electron chi connectivity index (χ3n) is 5.65. The maximum absolute atomic E-state index is 12.3. The predicted octanol–water partition coefficient (Wildman–Crippen LogP) is 1.20. The minimum Gasteiger partial charge on any atom is -0.497 e. The molecule has 8 heteroatoms. The van der Waals surface area contributed by atoms with Gasteiger partial charge in [-0.25, -0.2) is 4.79 Å². The second-order valence-corrected chi connectivity index (χ2v) is 7.56. The fraction of sp³-hybridized carbons (Fsp3) is 0.579. The van der Waals surface area contributed by atoms with Crippen LogP contribution in [0.15, 0.2) is 18.2 Å². The van der Waals surface area contributed by atoms with Gasteiger partial charge in [0.1, 0.15) is 16.9 Å². The molecular formula is C19H27N3O5. The van der Waals surface area contributed by atoms with E-state index in [-0.39, 0.29) is 18.5 Å². The maximum Gasteiger partial charge on any atom is 0.319 e. The summed E-state index contributed by atoms with van der Waals surface area (Å²) < 4.78 is 10.7. The van der Waals surface area contributed by atoms with Gasteiger partial charge in [0, 0.05) is 64.4 Å². The van der Waals surface area contributed by atoms with E-state index >= 15 is 0 Å². The second kappa shape index (κ2) is 7.26. The highest BCUT2D eigenvalue weighted by molar-refractivity contribution is 5.80. The van der Waals surface area contributed by atoms with E-state index in [0.717, 1.165) is 11.3 Å². The molecule has 2 fully saturated rings.